The fourth-order valence-corrected chi connectivity index (χ4v) is 12.2. The van der Waals surface area contributed by atoms with Gasteiger partial charge in [-0.05, 0) is 135 Å². The van der Waals surface area contributed by atoms with Gasteiger partial charge in [0.25, 0.3) is 5.91 Å². The highest BCUT2D eigenvalue weighted by Gasteiger charge is 2.56. The number of methoxy groups -OCH3 is 3. The summed E-state index contributed by atoms with van der Waals surface area (Å²) in [5, 5.41) is 71.0. The summed E-state index contributed by atoms with van der Waals surface area (Å²) < 4.78 is 82.1. The van der Waals surface area contributed by atoms with Gasteiger partial charge in [0.1, 0.15) is 63.7 Å². The second kappa shape index (κ2) is 33.1. The van der Waals surface area contributed by atoms with Gasteiger partial charge in [-0.25, -0.2) is 28.8 Å². The number of carbonyl (C=O) groups is 6. The second-order valence-electron chi connectivity index (χ2n) is 26.5. The topological polar surface area (TPSA) is 539 Å². The average Bonchev–Trinajstić information content (AvgIpc) is 0.734. The van der Waals surface area contributed by atoms with Gasteiger partial charge in [-0.3, -0.25) is 14.4 Å². The number of phenols is 1. The van der Waals surface area contributed by atoms with Crippen LogP contribution in [-0.4, -0.2) is 179 Å². The molecule has 6 amide bonds. The molecule has 0 aliphatic carbocycles. The van der Waals surface area contributed by atoms with Crippen molar-refractivity contribution in [2.24, 2.45) is 17.2 Å². The lowest BCUT2D eigenvalue weighted by Gasteiger charge is -2.47. The lowest BCUT2D eigenvalue weighted by molar-refractivity contribution is -0.304. The van der Waals surface area contributed by atoms with Crippen molar-refractivity contribution in [3.63, 3.8) is 0 Å². The van der Waals surface area contributed by atoms with E-state index in [9.17, 15) is 73.8 Å². The van der Waals surface area contributed by atoms with E-state index < -0.39 is 155 Å². The highest BCUT2D eigenvalue weighted by molar-refractivity contribution is 6.05. The molecule has 3 aliphatic heterocycles. The maximum Gasteiger partial charge on any atom is 0.404 e. The lowest BCUT2D eigenvalue weighted by atomic mass is 9.89. The summed E-state index contributed by atoms with van der Waals surface area (Å²) in [5.41, 5.74) is 11.1. The SMILES string of the molecule is CO[C@@H]1[C@H](OC(N)=O)[C@H](O)C(Oc2ccc3c(O)c(NC(C)=O)c(=O)oc3c2)OC1(C)C.CO[C@@H]1[C@H](OC(N)=O)[C@H](O)C(Oc2ccc3c(O)c(NC(C)=O)c(=O)oc3c2C)OC1(C)C.CO[C@@H]1[C@H](OC(N)=O)[C@H](O)C(Oc2ccc3cc(NC(=O)c4ccc(O)c(CC=C(C)C)c4)c(=O)oc3c2)OC1(C)C. The number of ether oxygens (including phenoxy) is 12. The molecular weight excluding hydrogens is 1420 g/mol. The molecule has 3 unspecified atom stereocenters. The van der Waals surface area contributed by atoms with Crippen LogP contribution in [0.3, 0.4) is 0 Å². The fourth-order valence-electron chi connectivity index (χ4n) is 12.2. The Morgan fingerprint density at radius 3 is 1.41 bits per heavy atom. The van der Waals surface area contributed by atoms with Crippen molar-refractivity contribution in [3.05, 3.63) is 132 Å². The molecule has 3 aliphatic rings. The normalized spacial score (nSPS) is 23.3. The molecule has 578 valence electrons. The summed E-state index contributed by atoms with van der Waals surface area (Å²) >= 11 is 0. The largest absolute Gasteiger partial charge is 0.508 e. The molecule has 36 nitrogen and oxygen atoms in total. The van der Waals surface area contributed by atoms with Crippen LogP contribution < -0.4 is 64.2 Å². The van der Waals surface area contributed by atoms with Gasteiger partial charge in [-0.2, -0.15) is 0 Å². The minimum atomic E-state index is -1.48. The summed E-state index contributed by atoms with van der Waals surface area (Å²) in [6, 6.07) is 17.5. The van der Waals surface area contributed by atoms with Crippen LogP contribution >= 0.6 is 0 Å². The van der Waals surface area contributed by atoms with Crippen LogP contribution in [0.5, 0.6) is 34.5 Å². The third-order valence-corrected chi connectivity index (χ3v) is 17.1. The summed E-state index contributed by atoms with van der Waals surface area (Å²) in [6.07, 6.45) is -15.3. The van der Waals surface area contributed by atoms with Crippen molar-refractivity contribution in [1.82, 2.24) is 0 Å². The Balaban J connectivity index is 0.000000205. The molecule has 3 fully saturated rings. The molecule has 0 spiro atoms. The highest BCUT2D eigenvalue weighted by Crippen LogP contribution is 2.41. The van der Waals surface area contributed by atoms with E-state index in [1.54, 1.807) is 66.7 Å². The number of benzene rings is 4. The van der Waals surface area contributed by atoms with E-state index in [4.69, 9.17) is 87.3 Å². The predicted octanol–water partition coefficient (Wildman–Crippen LogP) is 5.54. The molecule has 7 aromatic rings. The lowest BCUT2D eigenvalue weighted by Crippen LogP contribution is -2.65. The molecule has 107 heavy (non-hydrogen) atoms. The van der Waals surface area contributed by atoms with Crippen LogP contribution in [0.15, 0.2) is 112 Å². The van der Waals surface area contributed by atoms with Gasteiger partial charge < -0.3 is 134 Å². The van der Waals surface area contributed by atoms with Gasteiger partial charge >= 0.3 is 35.2 Å². The number of aryl methyl sites for hydroxylation is 1. The fraction of sp³-hybridized carbons (Fsp3) is 0.423. The van der Waals surface area contributed by atoms with Crippen LogP contribution in [0.2, 0.25) is 0 Å². The Kier molecular flexibility index (Phi) is 25.3. The van der Waals surface area contributed by atoms with Gasteiger partial charge in [0.05, 0.1) is 27.6 Å². The monoisotopic (exact) mass is 1500 g/mol. The Morgan fingerprint density at radius 2 is 0.953 bits per heavy atom. The Hall–Kier alpha value is -11.1. The number of hydrogen-bond donors (Lipinski definition) is 12. The molecular formula is C71H84N6O30. The number of aromatic hydroxyl groups is 3. The minimum Gasteiger partial charge on any atom is -0.508 e. The zero-order valence-corrected chi connectivity index (χ0v) is 60.4. The van der Waals surface area contributed by atoms with E-state index in [0.717, 1.165) is 5.57 Å². The Morgan fingerprint density at radius 1 is 0.523 bits per heavy atom. The molecule has 3 saturated heterocycles. The van der Waals surface area contributed by atoms with E-state index in [2.05, 4.69) is 16.0 Å². The number of aliphatic hydroxyl groups is 3. The number of primary amides is 3. The summed E-state index contributed by atoms with van der Waals surface area (Å²) in [7, 11) is 4.13. The first kappa shape index (κ1) is 81.6. The van der Waals surface area contributed by atoms with E-state index in [1.807, 2.05) is 19.9 Å². The van der Waals surface area contributed by atoms with Crippen LogP contribution in [-0.2, 0) is 58.6 Å². The second-order valence-corrected chi connectivity index (χ2v) is 26.5. The van der Waals surface area contributed by atoms with E-state index >= 15 is 0 Å². The third kappa shape index (κ3) is 18.8. The smallest absolute Gasteiger partial charge is 0.404 e. The number of nitrogens with one attached hydrogen (secondary N) is 3. The van der Waals surface area contributed by atoms with Crippen molar-refractivity contribution in [1.29, 1.82) is 0 Å². The molecule has 12 atom stereocenters. The first-order valence-corrected chi connectivity index (χ1v) is 32.6. The van der Waals surface area contributed by atoms with Crippen molar-refractivity contribution in [2.75, 3.05) is 37.3 Å². The van der Waals surface area contributed by atoms with E-state index in [0.29, 0.717) is 22.9 Å². The van der Waals surface area contributed by atoms with Crippen LogP contribution in [0.4, 0.5) is 31.4 Å². The van der Waals surface area contributed by atoms with Gasteiger partial charge in [0, 0.05) is 63.8 Å². The molecule has 10 rings (SSSR count). The number of rotatable bonds is 18. The van der Waals surface area contributed by atoms with Gasteiger partial charge in [-0.1, -0.05) is 11.6 Å². The average molecular weight is 1500 g/mol. The van der Waals surface area contributed by atoms with Gasteiger partial charge in [0.2, 0.25) is 30.7 Å². The van der Waals surface area contributed by atoms with Gasteiger partial charge in [-0.15, -0.1) is 0 Å². The first-order valence-electron chi connectivity index (χ1n) is 32.6. The summed E-state index contributed by atoms with van der Waals surface area (Å²) in [4.78, 5) is 107. The zero-order chi connectivity index (χ0) is 79.2. The van der Waals surface area contributed by atoms with Gasteiger partial charge in [0.15, 0.2) is 59.5 Å². The van der Waals surface area contributed by atoms with E-state index in [1.165, 1.54) is 89.8 Å². The number of nitrogens with two attached hydrogens (primary N) is 3. The first-order chi connectivity index (χ1) is 50.1. The number of allylic oxidation sites excluding steroid dienone is 2. The maximum absolute atomic E-state index is 12.9. The molecule has 36 heteroatoms. The predicted molar refractivity (Wildman–Crippen MR) is 376 cm³/mol. The standard InChI is InChI=1S/C30H34N2O10.C21H26N2O10.C20H24N2O10/c1-15(2)6-7-16-12-18(9-11-21(16)33)26(35)32-20-13-17-8-10-19(14-22(17)40-27(20)36)39-28-23(34)24(41-29(31)37)25(38-5)30(3,4)42-28;1-8-11(7-6-10-13(25)12(23-9(2)24)18(27)31-15(8)10)30-19-14(26)16(32-20(22)28)17(29-5)21(3,4)33-19;1-8(23)22-12-13(24)10-6-5-9(7-11(10)30-17(12)26)29-18-14(25)15(31-19(21)27)16(28-4)20(2,3)32-18/h6,8-14,23-25,28,33-34H,7H2,1-5H3,(H2,31,37)(H,32,35);6-7,14,16-17,19,25-26H,1-5H3,(H2,22,28)(H,23,24);5-7,14-16,18,24-25H,1-4H3,(H2,21,27)(H,22,23)/t23-,24+,25+,28?;14-,16+,17+,19?;14-,15+,16+,18?/m000/s1. The van der Waals surface area contributed by atoms with Crippen molar-refractivity contribution in [2.45, 2.75) is 173 Å². The third-order valence-electron chi connectivity index (χ3n) is 17.1. The molecule has 6 heterocycles. The Bertz CT molecular complexity index is 4730. The summed E-state index contributed by atoms with van der Waals surface area (Å²) in [6.45, 7) is 17.8. The maximum atomic E-state index is 12.9. The number of amides is 6. The number of anilines is 3. The molecule has 0 saturated carbocycles. The van der Waals surface area contributed by atoms with Crippen molar-refractivity contribution in [3.8, 4) is 34.5 Å². The van der Waals surface area contributed by atoms with Crippen molar-refractivity contribution >= 4 is 86.0 Å². The molecule has 15 N–H and O–H groups in total. The molecule has 4 aromatic carbocycles. The van der Waals surface area contributed by atoms with E-state index in [-0.39, 0.29) is 73.1 Å². The zero-order valence-electron chi connectivity index (χ0n) is 60.4. The number of hydrogen-bond acceptors (Lipinski definition) is 30. The number of fused-ring (bicyclic) bond motifs is 3. The van der Waals surface area contributed by atoms with Crippen LogP contribution in [0.1, 0.15) is 90.7 Å². The van der Waals surface area contributed by atoms with Crippen LogP contribution in [0, 0.1) is 6.92 Å². The Labute approximate surface area is 607 Å². The molecule has 0 bridgehead atoms. The quantitative estimate of drug-likeness (QED) is 0.0285. The number of aliphatic hydroxyl groups excluding tert-OH is 3. The number of carbonyl (C=O) groups excluding carboxylic acids is 6. The number of phenolic OH excluding ortho intramolecular Hbond substituents is 1. The summed E-state index contributed by atoms with van der Waals surface area (Å²) in [5.74, 6) is -2.06. The van der Waals surface area contributed by atoms with Crippen LogP contribution in [0.25, 0.3) is 32.9 Å². The molecule has 0 radical (unpaired) electrons. The van der Waals surface area contributed by atoms with Crippen molar-refractivity contribution < 1.29 is 130 Å². The minimum absolute atomic E-state index is 0.00775. The highest BCUT2D eigenvalue weighted by atomic mass is 16.7. The molecule has 3 aromatic heterocycles.